The SMILES string of the molecule is CC1(C)C=Cc2cc(N/N=C(\C#N)C(=N)N)ccc2O1. The summed E-state index contributed by atoms with van der Waals surface area (Å²) in [5.41, 5.74) is 9.05. The molecule has 0 spiro atoms. The Bertz CT molecular complexity index is 652. The minimum Gasteiger partial charge on any atom is -0.483 e. The molecule has 0 aromatic heterocycles. The van der Waals surface area contributed by atoms with Gasteiger partial charge in [0.1, 0.15) is 17.4 Å². The highest BCUT2D eigenvalue weighted by Crippen LogP contribution is 2.32. The molecule has 2 rings (SSSR count). The van der Waals surface area contributed by atoms with Crippen molar-refractivity contribution in [2.45, 2.75) is 19.4 Å². The van der Waals surface area contributed by atoms with E-state index in [1.54, 1.807) is 12.1 Å². The highest BCUT2D eigenvalue weighted by atomic mass is 16.5. The molecule has 0 saturated heterocycles. The number of amidine groups is 1. The van der Waals surface area contributed by atoms with Crippen LogP contribution in [0.15, 0.2) is 29.4 Å². The molecule has 1 aromatic carbocycles. The number of hydrogen-bond donors (Lipinski definition) is 3. The number of hydrazone groups is 1. The molecule has 0 fully saturated rings. The Morgan fingerprint density at radius 3 is 2.90 bits per heavy atom. The Labute approximate surface area is 117 Å². The van der Waals surface area contributed by atoms with E-state index in [1.165, 1.54) is 0 Å². The first kappa shape index (κ1) is 13.6. The van der Waals surface area contributed by atoms with Crippen LogP contribution >= 0.6 is 0 Å². The lowest BCUT2D eigenvalue weighted by atomic mass is 10.0. The van der Waals surface area contributed by atoms with Crippen molar-refractivity contribution in [2.24, 2.45) is 10.8 Å². The minimum atomic E-state index is -0.372. The molecule has 0 aliphatic carbocycles. The molecule has 0 unspecified atom stereocenters. The van der Waals surface area contributed by atoms with Gasteiger partial charge in [0.05, 0.1) is 5.69 Å². The molecule has 20 heavy (non-hydrogen) atoms. The molecular formula is C14H15N5O. The summed E-state index contributed by atoms with van der Waals surface area (Å²) in [7, 11) is 0. The zero-order valence-corrected chi connectivity index (χ0v) is 11.3. The van der Waals surface area contributed by atoms with Crippen LogP contribution in [0.5, 0.6) is 5.75 Å². The van der Waals surface area contributed by atoms with Crippen molar-refractivity contribution in [3.63, 3.8) is 0 Å². The summed E-state index contributed by atoms with van der Waals surface area (Å²) in [6.45, 7) is 3.96. The summed E-state index contributed by atoms with van der Waals surface area (Å²) in [6, 6.07) is 7.21. The Balaban J connectivity index is 2.22. The standard InChI is InChI=1S/C14H15N5O/c1-14(2)6-5-9-7-10(3-4-12(9)20-14)18-19-11(8-15)13(16)17/h3-7,18H,1-2H3,(H3,16,17)/b19-11+. The number of anilines is 1. The number of benzene rings is 1. The van der Waals surface area contributed by atoms with Crippen LogP contribution in [0.4, 0.5) is 5.69 Å². The molecule has 1 aliphatic rings. The lowest BCUT2D eigenvalue weighted by Gasteiger charge is -2.27. The zero-order valence-electron chi connectivity index (χ0n) is 11.3. The molecule has 6 heteroatoms. The van der Waals surface area contributed by atoms with Crippen molar-refractivity contribution in [2.75, 3.05) is 5.43 Å². The van der Waals surface area contributed by atoms with Gasteiger partial charge in [0, 0.05) is 5.56 Å². The summed E-state index contributed by atoms with van der Waals surface area (Å²) in [6.07, 6.45) is 3.95. The summed E-state index contributed by atoms with van der Waals surface area (Å²) in [4.78, 5) is 0. The van der Waals surface area contributed by atoms with E-state index in [4.69, 9.17) is 21.1 Å². The van der Waals surface area contributed by atoms with E-state index in [0.29, 0.717) is 5.69 Å². The topological polar surface area (TPSA) is 107 Å². The molecule has 1 aliphatic heterocycles. The van der Waals surface area contributed by atoms with Gasteiger partial charge in [-0.25, -0.2) is 0 Å². The first-order valence-electron chi connectivity index (χ1n) is 6.02. The molecule has 1 heterocycles. The Morgan fingerprint density at radius 2 is 2.25 bits per heavy atom. The van der Waals surface area contributed by atoms with Crippen molar-refractivity contribution < 1.29 is 4.74 Å². The van der Waals surface area contributed by atoms with Gasteiger partial charge in [-0.05, 0) is 38.1 Å². The molecule has 0 atom stereocenters. The predicted octanol–water partition coefficient (Wildman–Crippen LogP) is 2.10. The van der Waals surface area contributed by atoms with E-state index in [9.17, 15) is 0 Å². The van der Waals surface area contributed by atoms with Crippen molar-refractivity contribution in [3.8, 4) is 11.8 Å². The van der Waals surface area contributed by atoms with Gasteiger partial charge in [-0.15, -0.1) is 0 Å². The normalized spacial score (nSPS) is 15.8. The third-order valence-corrected chi connectivity index (χ3v) is 2.70. The number of ether oxygens (including phenoxy) is 1. The second-order valence-electron chi connectivity index (χ2n) is 4.89. The zero-order chi connectivity index (χ0) is 14.8. The van der Waals surface area contributed by atoms with Crippen molar-refractivity contribution in [1.29, 1.82) is 10.7 Å². The number of nitrogens with one attached hydrogen (secondary N) is 2. The van der Waals surface area contributed by atoms with Crippen LogP contribution in [0.1, 0.15) is 19.4 Å². The highest BCUT2D eigenvalue weighted by molar-refractivity contribution is 6.45. The fourth-order valence-corrected chi connectivity index (χ4v) is 1.71. The Kier molecular flexibility index (Phi) is 3.44. The second kappa shape index (κ2) is 5.05. The van der Waals surface area contributed by atoms with Crippen molar-refractivity contribution >= 4 is 23.3 Å². The number of rotatable bonds is 3. The van der Waals surface area contributed by atoms with E-state index >= 15 is 0 Å². The molecule has 0 saturated carbocycles. The van der Waals surface area contributed by atoms with Crippen LogP contribution in [-0.2, 0) is 0 Å². The summed E-state index contributed by atoms with van der Waals surface area (Å²) in [5.74, 6) is 0.419. The van der Waals surface area contributed by atoms with E-state index in [1.807, 2.05) is 38.1 Å². The quantitative estimate of drug-likeness (QED) is 0.443. The lowest BCUT2D eigenvalue weighted by molar-refractivity contribution is 0.159. The lowest BCUT2D eigenvalue weighted by Crippen LogP contribution is -2.27. The third-order valence-electron chi connectivity index (χ3n) is 2.70. The first-order chi connectivity index (χ1) is 9.41. The minimum absolute atomic E-state index is 0.157. The Morgan fingerprint density at radius 1 is 1.50 bits per heavy atom. The molecular weight excluding hydrogens is 254 g/mol. The first-order valence-corrected chi connectivity index (χ1v) is 6.02. The molecule has 6 nitrogen and oxygen atoms in total. The predicted molar refractivity (Wildman–Crippen MR) is 78.8 cm³/mol. The van der Waals surface area contributed by atoms with Crippen molar-refractivity contribution in [3.05, 3.63) is 29.8 Å². The number of hydrogen-bond acceptors (Lipinski definition) is 5. The van der Waals surface area contributed by atoms with Gasteiger partial charge in [-0.1, -0.05) is 6.08 Å². The third kappa shape index (κ3) is 2.95. The summed E-state index contributed by atoms with van der Waals surface area (Å²) in [5, 5.41) is 19.7. The smallest absolute Gasteiger partial charge is 0.201 e. The van der Waals surface area contributed by atoms with Crippen LogP contribution in [-0.4, -0.2) is 17.1 Å². The van der Waals surface area contributed by atoms with Crippen LogP contribution < -0.4 is 15.9 Å². The number of nitrogens with zero attached hydrogens (tertiary/aromatic N) is 2. The van der Waals surface area contributed by atoms with Gasteiger partial charge in [-0.3, -0.25) is 10.8 Å². The van der Waals surface area contributed by atoms with E-state index < -0.39 is 0 Å². The maximum atomic E-state index is 8.75. The fourth-order valence-electron chi connectivity index (χ4n) is 1.71. The maximum absolute atomic E-state index is 8.75. The van der Waals surface area contributed by atoms with Crippen LogP contribution in [0, 0.1) is 16.7 Å². The van der Waals surface area contributed by atoms with Gasteiger partial charge in [0.2, 0.25) is 5.71 Å². The average molecular weight is 269 g/mol. The maximum Gasteiger partial charge on any atom is 0.201 e. The summed E-state index contributed by atoms with van der Waals surface area (Å²) < 4.78 is 5.80. The van der Waals surface area contributed by atoms with Gasteiger partial charge in [0.15, 0.2) is 5.84 Å². The molecule has 0 amide bonds. The number of fused-ring (bicyclic) bond motifs is 1. The summed E-state index contributed by atoms with van der Waals surface area (Å²) >= 11 is 0. The second-order valence-corrected chi connectivity index (χ2v) is 4.89. The fraction of sp³-hybridized carbons (Fsp3) is 0.214. The van der Waals surface area contributed by atoms with E-state index in [2.05, 4.69) is 10.5 Å². The monoisotopic (exact) mass is 269 g/mol. The number of nitriles is 1. The van der Waals surface area contributed by atoms with Crippen LogP contribution in [0.2, 0.25) is 0 Å². The number of nitrogens with two attached hydrogens (primary N) is 1. The van der Waals surface area contributed by atoms with Gasteiger partial charge >= 0.3 is 0 Å². The molecule has 1 aromatic rings. The van der Waals surface area contributed by atoms with E-state index in [-0.39, 0.29) is 17.1 Å². The van der Waals surface area contributed by atoms with Crippen LogP contribution in [0.3, 0.4) is 0 Å². The molecule has 4 N–H and O–H groups in total. The highest BCUT2D eigenvalue weighted by Gasteiger charge is 2.21. The Hall–Kier alpha value is -2.81. The van der Waals surface area contributed by atoms with Gasteiger partial charge in [0.25, 0.3) is 0 Å². The average Bonchev–Trinajstić information content (AvgIpc) is 2.38. The van der Waals surface area contributed by atoms with Gasteiger partial charge in [-0.2, -0.15) is 10.4 Å². The van der Waals surface area contributed by atoms with Crippen molar-refractivity contribution in [1.82, 2.24) is 0 Å². The molecule has 0 radical (unpaired) electrons. The molecule has 102 valence electrons. The molecule has 0 bridgehead atoms. The van der Waals surface area contributed by atoms with E-state index in [0.717, 1.165) is 11.3 Å². The van der Waals surface area contributed by atoms with Crippen LogP contribution in [0.25, 0.3) is 6.08 Å². The largest absolute Gasteiger partial charge is 0.483 e. The van der Waals surface area contributed by atoms with Gasteiger partial charge < -0.3 is 10.5 Å².